The number of hydrogen-bond acceptors (Lipinski definition) is 4. The predicted octanol–water partition coefficient (Wildman–Crippen LogP) is 3.49. The van der Waals surface area contributed by atoms with Gasteiger partial charge in [0.15, 0.2) is 0 Å². The van der Waals surface area contributed by atoms with E-state index in [1.54, 1.807) is 7.11 Å². The van der Waals surface area contributed by atoms with E-state index in [4.69, 9.17) is 9.47 Å². The third-order valence-corrected chi connectivity index (χ3v) is 3.54. The second-order valence-corrected chi connectivity index (χ2v) is 7.05. The smallest absolute Gasteiger partial charge is 0.407 e. The highest BCUT2D eigenvalue weighted by molar-refractivity contribution is 5.73. The molecule has 1 aromatic rings. The summed E-state index contributed by atoms with van der Waals surface area (Å²) in [6.07, 6.45) is 1.00. The van der Waals surface area contributed by atoms with Crippen LogP contribution in [0.5, 0.6) is 5.75 Å². The molecule has 140 valence electrons. The first-order valence-electron chi connectivity index (χ1n) is 8.51. The lowest BCUT2D eigenvalue weighted by atomic mass is 9.99. The molecule has 0 aliphatic rings. The number of nitrogens with one attached hydrogen (secondary N) is 2. The van der Waals surface area contributed by atoms with Crippen LogP contribution in [0.25, 0.3) is 0 Å². The molecule has 25 heavy (non-hydrogen) atoms. The number of ether oxygens (including phenoxy) is 2. The average Bonchev–Trinajstić information content (AvgIpc) is 2.48. The number of carbonyl (C=O) groups excluding carboxylic acids is 2. The van der Waals surface area contributed by atoms with Crippen LogP contribution in [0, 0.1) is 6.92 Å². The highest BCUT2D eigenvalue weighted by Gasteiger charge is 2.17. The van der Waals surface area contributed by atoms with Crippen molar-refractivity contribution in [1.82, 2.24) is 10.6 Å². The van der Waals surface area contributed by atoms with Crippen LogP contribution in [0.15, 0.2) is 18.2 Å². The maximum atomic E-state index is 11.6. The Labute approximate surface area is 150 Å². The van der Waals surface area contributed by atoms with Crippen molar-refractivity contribution in [3.63, 3.8) is 0 Å². The molecule has 0 saturated heterocycles. The fourth-order valence-electron chi connectivity index (χ4n) is 2.50. The summed E-state index contributed by atoms with van der Waals surface area (Å²) in [6.45, 7) is 9.43. The molecule has 0 radical (unpaired) electrons. The Balaban J connectivity index is 2.61. The normalized spacial score (nSPS) is 12.2. The maximum absolute atomic E-state index is 11.6. The van der Waals surface area contributed by atoms with Crippen LogP contribution in [-0.2, 0) is 9.53 Å². The molecule has 1 rings (SSSR count). The largest absolute Gasteiger partial charge is 0.496 e. The molecule has 0 fully saturated rings. The van der Waals surface area contributed by atoms with E-state index in [-0.39, 0.29) is 11.9 Å². The van der Waals surface area contributed by atoms with Gasteiger partial charge >= 0.3 is 6.09 Å². The predicted molar refractivity (Wildman–Crippen MR) is 97.8 cm³/mol. The molecule has 1 aromatic carbocycles. The monoisotopic (exact) mass is 350 g/mol. The number of amides is 2. The van der Waals surface area contributed by atoms with Gasteiger partial charge in [-0.2, -0.15) is 0 Å². The van der Waals surface area contributed by atoms with E-state index in [2.05, 4.69) is 10.6 Å². The van der Waals surface area contributed by atoms with Gasteiger partial charge in [-0.05, 0) is 57.7 Å². The van der Waals surface area contributed by atoms with Gasteiger partial charge < -0.3 is 20.1 Å². The van der Waals surface area contributed by atoms with Crippen molar-refractivity contribution < 1.29 is 19.1 Å². The van der Waals surface area contributed by atoms with E-state index in [1.165, 1.54) is 6.92 Å². The van der Waals surface area contributed by atoms with Gasteiger partial charge in [-0.3, -0.25) is 4.79 Å². The number of rotatable bonds is 7. The Kier molecular flexibility index (Phi) is 7.74. The van der Waals surface area contributed by atoms with Crippen LogP contribution in [0.2, 0.25) is 0 Å². The van der Waals surface area contributed by atoms with E-state index in [9.17, 15) is 9.59 Å². The highest BCUT2D eigenvalue weighted by Crippen LogP contribution is 2.25. The van der Waals surface area contributed by atoms with Gasteiger partial charge in [0.25, 0.3) is 0 Å². The summed E-state index contributed by atoms with van der Waals surface area (Å²) in [5, 5.41) is 5.70. The standard InChI is InChI=1S/C19H30N2O4/c1-13-12-15(9-10-17(13)24-6)16(21-14(2)22)8-7-11-20-18(23)25-19(3,4)5/h9-10,12,16H,7-8,11H2,1-6H3,(H,20,23)(H,21,22)/t16-/m1/s1. The summed E-state index contributed by atoms with van der Waals surface area (Å²) in [4.78, 5) is 23.2. The summed E-state index contributed by atoms with van der Waals surface area (Å²) in [7, 11) is 1.63. The van der Waals surface area contributed by atoms with Crippen LogP contribution >= 0.6 is 0 Å². The Morgan fingerprint density at radius 1 is 1.24 bits per heavy atom. The van der Waals surface area contributed by atoms with Crippen molar-refractivity contribution in [1.29, 1.82) is 0 Å². The first kappa shape index (κ1) is 20.8. The first-order chi connectivity index (χ1) is 11.6. The Bertz CT molecular complexity index is 594. The van der Waals surface area contributed by atoms with E-state index < -0.39 is 11.7 Å². The zero-order chi connectivity index (χ0) is 19.0. The molecule has 0 saturated carbocycles. The summed E-state index contributed by atoms with van der Waals surface area (Å²) in [6, 6.07) is 5.76. The molecule has 0 bridgehead atoms. The average molecular weight is 350 g/mol. The molecule has 0 aliphatic carbocycles. The first-order valence-corrected chi connectivity index (χ1v) is 8.51. The van der Waals surface area contributed by atoms with Gasteiger partial charge in [-0.25, -0.2) is 4.79 Å². The van der Waals surface area contributed by atoms with Crippen molar-refractivity contribution in [3.05, 3.63) is 29.3 Å². The molecular formula is C19H30N2O4. The summed E-state index contributed by atoms with van der Waals surface area (Å²) in [5.41, 5.74) is 1.52. The molecule has 0 aromatic heterocycles. The van der Waals surface area contributed by atoms with Crippen LogP contribution in [0.3, 0.4) is 0 Å². The maximum Gasteiger partial charge on any atom is 0.407 e. The molecule has 6 nitrogen and oxygen atoms in total. The third-order valence-electron chi connectivity index (χ3n) is 3.54. The zero-order valence-corrected chi connectivity index (χ0v) is 16.1. The minimum absolute atomic E-state index is 0.0847. The summed E-state index contributed by atoms with van der Waals surface area (Å²) >= 11 is 0. The lowest BCUT2D eigenvalue weighted by Crippen LogP contribution is -2.33. The summed E-state index contributed by atoms with van der Waals surface area (Å²) in [5.74, 6) is 0.732. The van der Waals surface area contributed by atoms with Crippen molar-refractivity contribution in [2.75, 3.05) is 13.7 Å². The van der Waals surface area contributed by atoms with E-state index in [0.717, 1.165) is 23.3 Å². The number of hydrogen-bond donors (Lipinski definition) is 2. The Hall–Kier alpha value is -2.24. The quantitative estimate of drug-likeness (QED) is 0.738. The van der Waals surface area contributed by atoms with Crippen LogP contribution < -0.4 is 15.4 Å². The van der Waals surface area contributed by atoms with Crippen molar-refractivity contribution >= 4 is 12.0 Å². The second kappa shape index (κ2) is 9.30. The lowest BCUT2D eigenvalue weighted by molar-refractivity contribution is -0.119. The minimum atomic E-state index is -0.510. The van der Waals surface area contributed by atoms with Gasteiger partial charge in [0.2, 0.25) is 5.91 Å². The molecule has 0 heterocycles. The molecular weight excluding hydrogens is 320 g/mol. The molecule has 0 unspecified atom stereocenters. The van der Waals surface area contributed by atoms with E-state index >= 15 is 0 Å². The molecule has 1 atom stereocenters. The molecule has 0 spiro atoms. The number of aryl methyl sites for hydroxylation is 1. The van der Waals surface area contributed by atoms with Crippen LogP contribution in [0.4, 0.5) is 4.79 Å². The molecule has 2 N–H and O–H groups in total. The Morgan fingerprint density at radius 3 is 2.44 bits per heavy atom. The second-order valence-electron chi connectivity index (χ2n) is 7.05. The Morgan fingerprint density at radius 2 is 1.92 bits per heavy atom. The van der Waals surface area contributed by atoms with E-state index in [1.807, 2.05) is 45.9 Å². The zero-order valence-electron chi connectivity index (χ0n) is 16.1. The van der Waals surface area contributed by atoms with Crippen molar-refractivity contribution in [2.24, 2.45) is 0 Å². The van der Waals surface area contributed by atoms with Gasteiger partial charge in [0, 0.05) is 13.5 Å². The topological polar surface area (TPSA) is 76.7 Å². The SMILES string of the molecule is COc1ccc([C@@H](CCCNC(=O)OC(C)(C)C)NC(C)=O)cc1C. The number of benzene rings is 1. The molecule has 0 aliphatic heterocycles. The number of alkyl carbamates (subject to hydrolysis) is 1. The molecule has 2 amide bonds. The van der Waals surface area contributed by atoms with Crippen molar-refractivity contribution in [3.8, 4) is 5.75 Å². The summed E-state index contributed by atoms with van der Waals surface area (Å²) < 4.78 is 10.5. The lowest BCUT2D eigenvalue weighted by Gasteiger charge is -2.21. The fraction of sp³-hybridized carbons (Fsp3) is 0.579. The fourth-order valence-corrected chi connectivity index (χ4v) is 2.50. The van der Waals surface area contributed by atoms with E-state index in [0.29, 0.717) is 13.0 Å². The number of methoxy groups -OCH3 is 1. The van der Waals surface area contributed by atoms with Crippen molar-refractivity contribution in [2.45, 2.75) is 59.1 Å². The van der Waals surface area contributed by atoms with Gasteiger partial charge in [-0.1, -0.05) is 12.1 Å². The van der Waals surface area contributed by atoms with Gasteiger partial charge in [-0.15, -0.1) is 0 Å². The third kappa shape index (κ3) is 7.92. The number of carbonyl (C=O) groups is 2. The van der Waals surface area contributed by atoms with Crippen LogP contribution in [-0.4, -0.2) is 31.3 Å². The molecule has 6 heteroatoms. The highest BCUT2D eigenvalue weighted by atomic mass is 16.6. The van der Waals surface area contributed by atoms with Crippen LogP contribution in [0.1, 0.15) is 57.7 Å². The van der Waals surface area contributed by atoms with Gasteiger partial charge in [0.05, 0.1) is 13.2 Å². The van der Waals surface area contributed by atoms with Gasteiger partial charge in [0.1, 0.15) is 11.4 Å². The minimum Gasteiger partial charge on any atom is -0.496 e.